The third-order valence-corrected chi connectivity index (χ3v) is 3.41. The number of hydrogen-bond acceptors (Lipinski definition) is 4. The first-order chi connectivity index (χ1) is 8.25. The van der Waals surface area contributed by atoms with Crippen LogP contribution in [0.25, 0.3) is 0 Å². The Hall–Kier alpha value is -1.45. The van der Waals surface area contributed by atoms with Crippen LogP contribution in [0.4, 0.5) is 17.3 Å². The summed E-state index contributed by atoms with van der Waals surface area (Å²) in [7, 11) is 0. The smallest absolute Gasteiger partial charge is 0.149 e. The molecule has 0 amide bonds. The molecule has 17 heavy (non-hydrogen) atoms. The van der Waals surface area contributed by atoms with Gasteiger partial charge >= 0.3 is 0 Å². The predicted molar refractivity (Wildman–Crippen MR) is 72.8 cm³/mol. The normalized spacial score (nSPS) is 18.4. The first-order valence-corrected chi connectivity index (χ1v) is 6.54. The van der Waals surface area contributed by atoms with Gasteiger partial charge in [-0.1, -0.05) is 32.1 Å². The van der Waals surface area contributed by atoms with Crippen LogP contribution in [0.15, 0.2) is 12.1 Å². The van der Waals surface area contributed by atoms with Crippen molar-refractivity contribution in [2.45, 2.75) is 51.0 Å². The van der Waals surface area contributed by atoms with Crippen molar-refractivity contribution >= 4 is 17.3 Å². The van der Waals surface area contributed by atoms with Crippen LogP contribution in [0.1, 0.15) is 44.9 Å². The second-order valence-corrected chi connectivity index (χ2v) is 4.86. The lowest BCUT2D eigenvalue weighted by atomic mass is 9.97. The molecule has 1 saturated carbocycles. The second-order valence-electron chi connectivity index (χ2n) is 4.86. The van der Waals surface area contributed by atoms with E-state index in [-0.39, 0.29) is 0 Å². The van der Waals surface area contributed by atoms with Crippen LogP contribution >= 0.6 is 0 Å². The first-order valence-electron chi connectivity index (χ1n) is 6.54. The summed E-state index contributed by atoms with van der Waals surface area (Å²) < 4.78 is 0. The van der Waals surface area contributed by atoms with Crippen molar-refractivity contribution in [3.8, 4) is 0 Å². The molecule has 1 fully saturated rings. The zero-order valence-electron chi connectivity index (χ0n) is 10.3. The largest absolute Gasteiger partial charge is 0.396 e. The van der Waals surface area contributed by atoms with Crippen molar-refractivity contribution in [2.24, 2.45) is 0 Å². The minimum Gasteiger partial charge on any atom is -0.396 e. The summed E-state index contributed by atoms with van der Waals surface area (Å²) >= 11 is 0. The van der Waals surface area contributed by atoms with Crippen LogP contribution in [0.3, 0.4) is 0 Å². The fourth-order valence-electron chi connectivity index (χ4n) is 2.38. The van der Waals surface area contributed by atoms with E-state index < -0.39 is 0 Å². The fourth-order valence-corrected chi connectivity index (χ4v) is 2.38. The minimum atomic E-state index is 0.417. The van der Waals surface area contributed by atoms with E-state index in [0.29, 0.717) is 17.5 Å². The van der Waals surface area contributed by atoms with Crippen LogP contribution in [0.5, 0.6) is 0 Å². The van der Waals surface area contributed by atoms with Gasteiger partial charge in [-0.25, -0.2) is 4.98 Å². The first kappa shape index (κ1) is 12.0. The van der Waals surface area contributed by atoms with E-state index in [0.717, 1.165) is 5.82 Å². The molecule has 2 rings (SSSR count). The number of nitrogen functional groups attached to an aromatic ring is 2. The number of aromatic nitrogens is 1. The number of nitrogens with two attached hydrogens (primary N) is 2. The number of rotatable bonds is 2. The summed E-state index contributed by atoms with van der Waals surface area (Å²) in [5, 5.41) is 3.47. The van der Waals surface area contributed by atoms with E-state index in [4.69, 9.17) is 11.5 Å². The van der Waals surface area contributed by atoms with Crippen LogP contribution in [0, 0.1) is 0 Å². The number of hydrogen-bond donors (Lipinski definition) is 3. The Morgan fingerprint density at radius 2 is 1.65 bits per heavy atom. The molecule has 1 aliphatic carbocycles. The van der Waals surface area contributed by atoms with Crippen molar-refractivity contribution < 1.29 is 0 Å². The summed E-state index contributed by atoms with van der Waals surface area (Å²) in [6.45, 7) is 0. The van der Waals surface area contributed by atoms with Gasteiger partial charge in [0, 0.05) is 6.04 Å². The van der Waals surface area contributed by atoms with Gasteiger partial charge in [-0.3, -0.25) is 0 Å². The molecule has 0 spiro atoms. The van der Waals surface area contributed by atoms with Gasteiger partial charge < -0.3 is 16.8 Å². The molecule has 1 heterocycles. The van der Waals surface area contributed by atoms with E-state index >= 15 is 0 Å². The van der Waals surface area contributed by atoms with Crippen molar-refractivity contribution in [3.63, 3.8) is 0 Å². The average Bonchev–Trinajstić information content (AvgIpc) is 2.27. The van der Waals surface area contributed by atoms with Crippen molar-refractivity contribution in [1.29, 1.82) is 0 Å². The molecular formula is C13H22N4. The van der Waals surface area contributed by atoms with Gasteiger partial charge in [-0.15, -0.1) is 0 Å². The van der Waals surface area contributed by atoms with Crippen LogP contribution in [0.2, 0.25) is 0 Å². The molecule has 4 heteroatoms. The average molecular weight is 234 g/mol. The highest BCUT2D eigenvalue weighted by molar-refractivity contribution is 5.61. The van der Waals surface area contributed by atoms with E-state index in [1.807, 2.05) is 12.1 Å². The van der Waals surface area contributed by atoms with Crippen molar-refractivity contribution in [3.05, 3.63) is 12.1 Å². The Morgan fingerprint density at radius 3 is 2.29 bits per heavy atom. The maximum Gasteiger partial charge on any atom is 0.149 e. The van der Waals surface area contributed by atoms with Gasteiger partial charge in [-0.05, 0) is 25.0 Å². The molecule has 94 valence electrons. The predicted octanol–water partition coefficient (Wildman–Crippen LogP) is 2.77. The monoisotopic (exact) mass is 234 g/mol. The third kappa shape index (κ3) is 3.51. The molecule has 0 aliphatic heterocycles. The zero-order valence-corrected chi connectivity index (χ0v) is 10.3. The molecule has 0 unspecified atom stereocenters. The molecule has 1 aromatic rings. The Labute approximate surface area is 103 Å². The van der Waals surface area contributed by atoms with Gasteiger partial charge in [0.15, 0.2) is 0 Å². The SMILES string of the molecule is Nc1ccc(NC2CCCCCCC2)nc1N. The molecule has 0 bridgehead atoms. The lowest BCUT2D eigenvalue weighted by Crippen LogP contribution is -2.21. The molecule has 4 nitrogen and oxygen atoms in total. The second kappa shape index (κ2) is 5.75. The van der Waals surface area contributed by atoms with Gasteiger partial charge in [-0.2, -0.15) is 0 Å². The van der Waals surface area contributed by atoms with Crippen LogP contribution in [-0.2, 0) is 0 Å². The molecule has 0 radical (unpaired) electrons. The summed E-state index contributed by atoms with van der Waals surface area (Å²) in [4.78, 5) is 4.26. The maximum atomic E-state index is 5.71. The number of pyridine rings is 1. The maximum absolute atomic E-state index is 5.71. The van der Waals surface area contributed by atoms with Crippen molar-refractivity contribution in [1.82, 2.24) is 4.98 Å². The van der Waals surface area contributed by atoms with Crippen molar-refractivity contribution in [2.75, 3.05) is 16.8 Å². The number of nitrogens with one attached hydrogen (secondary N) is 1. The molecule has 0 aromatic carbocycles. The third-order valence-electron chi connectivity index (χ3n) is 3.41. The van der Waals surface area contributed by atoms with E-state index in [9.17, 15) is 0 Å². The summed E-state index contributed by atoms with van der Waals surface area (Å²) in [5.74, 6) is 1.27. The molecule has 0 saturated heterocycles. The summed E-state index contributed by atoms with van der Waals surface area (Å²) in [6, 6.07) is 4.25. The summed E-state index contributed by atoms with van der Waals surface area (Å²) in [5.41, 5.74) is 11.9. The van der Waals surface area contributed by atoms with E-state index in [2.05, 4.69) is 10.3 Å². The van der Waals surface area contributed by atoms with Gasteiger partial charge in [0.05, 0.1) is 5.69 Å². The Bertz CT molecular complexity index is 356. The Kier molecular flexibility index (Phi) is 4.07. The topological polar surface area (TPSA) is 77.0 Å². The number of anilines is 3. The lowest BCUT2D eigenvalue weighted by molar-refractivity contribution is 0.471. The zero-order chi connectivity index (χ0) is 12.1. The fraction of sp³-hybridized carbons (Fsp3) is 0.615. The lowest BCUT2D eigenvalue weighted by Gasteiger charge is -2.21. The molecule has 0 atom stereocenters. The van der Waals surface area contributed by atoms with Gasteiger partial charge in [0.2, 0.25) is 0 Å². The van der Waals surface area contributed by atoms with Gasteiger partial charge in [0.1, 0.15) is 11.6 Å². The minimum absolute atomic E-state index is 0.417. The van der Waals surface area contributed by atoms with E-state index in [1.54, 1.807) is 0 Å². The van der Waals surface area contributed by atoms with Crippen LogP contribution < -0.4 is 16.8 Å². The Balaban J connectivity index is 1.95. The van der Waals surface area contributed by atoms with Crippen LogP contribution in [-0.4, -0.2) is 11.0 Å². The summed E-state index contributed by atoms with van der Waals surface area (Å²) in [6.07, 6.45) is 9.17. The van der Waals surface area contributed by atoms with Gasteiger partial charge in [0.25, 0.3) is 0 Å². The highest BCUT2D eigenvalue weighted by Crippen LogP contribution is 2.21. The molecule has 1 aliphatic rings. The molecular weight excluding hydrogens is 212 g/mol. The molecule has 1 aromatic heterocycles. The van der Waals surface area contributed by atoms with E-state index in [1.165, 1.54) is 44.9 Å². The highest BCUT2D eigenvalue weighted by Gasteiger charge is 2.11. The highest BCUT2D eigenvalue weighted by atomic mass is 15.0. The Morgan fingerprint density at radius 1 is 1.00 bits per heavy atom. The standard InChI is InChI=1S/C13H22N4/c14-11-8-9-12(17-13(11)15)16-10-6-4-2-1-3-5-7-10/h8-10H,1-7,14H2,(H3,15,16,17). The quantitative estimate of drug-likeness (QED) is 0.735. The number of nitrogens with zero attached hydrogens (tertiary/aromatic N) is 1. The molecule has 5 N–H and O–H groups in total.